The Morgan fingerprint density at radius 2 is 2.05 bits per heavy atom. The molecule has 20 heavy (non-hydrogen) atoms. The van der Waals surface area contributed by atoms with E-state index in [9.17, 15) is 0 Å². The molecule has 0 bridgehead atoms. The summed E-state index contributed by atoms with van der Waals surface area (Å²) in [4.78, 5) is 0. The number of nitrogens with zero attached hydrogens (tertiary/aromatic N) is 3. The molecule has 1 aliphatic rings. The molecular weight excluding hydrogens is 250 g/mol. The fourth-order valence-electron chi connectivity index (χ4n) is 2.49. The van der Waals surface area contributed by atoms with Crippen LogP contribution in [0.25, 0.3) is 5.65 Å². The third-order valence-electron chi connectivity index (χ3n) is 3.71. The number of aromatic nitrogens is 3. The number of hydrogen-bond acceptors (Lipinski definition) is 3. The number of para-hydroxylation sites is 1. The third kappa shape index (κ3) is 2.13. The van der Waals surface area contributed by atoms with E-state index < -0.39 is 0 Å². The summed E-state index contributed by atoms with van der Waals surface area (Å²) in [7, 11) is 0. The highest BCUT2D eigenvalue weighted by Crippen LogP contribution is 2.42. The number of fused-ring (bicyclic) bond motifs is 1. The molecule has 4 heteroatoms. The van der Waals surface area contributed by atoms with Gasteiger partial charge in [-0.05, 0) is 48.1 Å². The van der Waals surface area contributed by atoms with Gasteiger partial charge in [-0.25, -0.2) is 0 Å². The molecule has 0 spiro atoms. The van der Waals surface area contributed by atoms with Gasteiger partial charge in [0.25, 0.3) is 0 Å². The molecule has 0 amide bonds. The van der Waals surface area contributed by atoms with Crippen molar-refractivity contribution < 1.29 is 4.74 Å². The Balaban J connectivity index is 1.65. The van der Waals surface area contributed by atoms with Gasteiger partial charge in [-0.1, -0.05) is 18.2 Å². The Kier molecular flexibility index (Phi) is 2.66. The summed E-state index contributed by atoms with van der Waals surface area (Å²) in [6.07, 6.45) is 6.44. The van der Waals surface area contributed by atoms with Crippen molar-refractivity contribution in [3.63, 3.8) is 0 Å². The fourth-order valence-corrected chi connectivity index (χ4v) is 2.49. The molecule has 4 rings (SSSR count). The molecule has 1 aliphatic carbocycles. The van der Waals surface area contributed by atoms with E-state index in [4.69, 9.17) is 4.74 Å². The zero-order valence-electron chi connectivity index (χ0n) is 11.1. The number of hydrogen-bond donors (Lipinski definition) is 0. The first-order valence-corrected chi connectivity index (χ1v) is 6.90. The normalized spacial score (nSPS) is 14.6. The second kappa shape index (κ2) is 4.63. The zero-order valence-corrected chi connectivity index (χ0v) is 11.1. The Hall–Kier alpha value is -2.36. The first-order chi connectivity index (χ1) is 9.90. The van der Waals surface area contributed by atoms with Gasteiger partial charge < -0.3 is 4.74 Å². The van der Waals surface area contributed by atoms with Crippen LogP contribution in [0.4, 0.5) is 0 Å². The van der Waals surface area contributed by atoms with Gasteiger partial charge in [0.1, 0.15) is 18.7 Å². The number of ether oxygens (including phenoxy) is 1. The minimum atomic E-state index is 0.583. The van der Waals surface area contributed by atoms with Gasteiger partial charge >= 0.3 is 0 Å². The molecule has 0 radical (unpaired) electrons. The Morgan fingerprint density at radius 1 is 1.20 bits per heavy atom. The van der Waals surface area contributed by atoms with Crippen LogP contribution in [0.5, 0.6) is 5.75 Å². The maximum Gasteiger partial charge on any atom is 0.160 e. The van der Waals surface area contributed by atoms with E-state index in [1.807, 2.05) is 34.7 Å². The van der Waals surface area contributed by atoms with Crippen LogP contribution in [-0.4, -0.2) is 14.6 Å². The standard InChI is InChI=1S/C16H15N3O/c1-2-4-14(5-3-1)20-10-13-8-16-18-17-11-19(16)9-15(13)12-6-7-12/h1-5,8-9,11-12H,6-7,10H2. The molecule has 0 aliphatic heterocycles. The van der Waals surface area contributed by atoms with Gasteiger partial charge in [-0.3, -0.25) is 4.40 Å². The van der Waals surface area contributed by atoms with Crippen molar-refractivity contribution in [2.75, 3.05) is 0 Å². The Labute approximate surface area is 117 Å². The van der Waals surface area contributed by atoms with Crippen molar-refractivity contribution >= 4 is 5.65 Å². The Morgan fingerprint density at radius 3 is 2.85 bits per heavy atom. The van der Waals surface area contributed by atoms with Crippen LogP contribution in [0, 0.1) is 0 Å². The van der Waals surface area contributed by atoms with Crippen LogP contribution < -0.4 is 4.74 Å². The molecule has 0 saturated heterocycles. The first-order valence-electron chi connectivity index (χ1n) is 6.90. The van der Waals surface area contributed by atoms with Crippen molar-refractivity contribution in [1.29, 1.82) is 0 Å². The first kappa shape index (κ1) is 11.5. The minimum Gasteiger partial charge on any atom is -0.489 e. The van der Waals surface area contributed by atoms with E-state index in [1.165, 1.54) is 24.0 Å². The Bertz CT molecular complexity index is 732. The molecule has 0 unspecified atom stereocenters. The lowest BCUT2D eigenvalue weighted by Crippen LogP contribution is -2.02. The highest BCUT2D eigenvalue weighted by molar-refractivity contribution is 5.45. The second-order valence-corrected chi connectivity index (χ2v) is 5.23. The SMILES string of the molecule is c1ccc(OCc2cc3nncn3cc2C2CC2)cc1. The third-order valence-corrected chi connectivity index (χ3v) is 3.71. The molecule has 1 saturated carbocycles. The van der Waals surface area contributed by atoms with Crippen LogP contribution >= 0.6 is 0 Å². The lowest BCUT2D eigenvalue weighted by atomic mass is 10.1. The van der Waals surface area contributed by atoms with Crippen LogP contribution in [0.3, 0.4) is 0 Å². The fraction of sp³-hybridized carbons (Fsp3) is 0.250. The molecule has 2 heterocycles. The molecule has 100 valence electrons. The molecule has 1 aromatic carbocycles. The highest BCUT2D eigenvalue weighted by atomic mass is 16.5. The molecule has 0 N–H and O–H groups in total. The van der Waals surface area contributed by atoms with Crippen LogP contribution in [-0.2, 0) is 6.61 Å². The summed E-state index contributed by atoms with van der Waals surface area (Å²) >= 11 is 0. The summed E-state index contributed by atoms with van der Waals surface area (Å²) in [5.74, 6) is 1.58. The van der Waals surface area contributed by atoms with E-state index in [2.05, 4.69) is 22.5 Å². The average molecular weight is 265 g/mol. The van der Waals surface area contributed by atoms with E-state index in [1.54, 1.807) is 6.33 Å². The smallest absolute Gasteiger partial charge is 0.160 e. The molecule has 3 aromatic rings. The predicted octanol–water partition coefficient (Wildman–Crippen LogP) is 3.19. The maximum absolute atomic E-state index is 5.88. The van der Waals surface area contributed by atoms with E-state index in [0.717, 1.165) is 11.4 Å². The van der Waals surface area contributed by atoms with Gasteiger partial charge in [0.15, 0.2) is 5.65 Å². The van der Waals surface area contributed by atoms with Gasteiger partial charge in [0.2, 0.25) is 0 Å². The van der Waals surface area contributed by atoms with Crippen LogP contribution in [0.2, 0.25) is 0 Å². The molecule has 2 aromatic heterocycles. The molecule has 4 nitrogen and oxygen atoms in total. The van der Waals surface area contributed by atoms with Gasteiger partial charge in [0, 0.05) is 6.20 Å². The van der Waals surface area contributed by atoms with Crippen molar-refractivity contribution in [1.82, 2.24) is 14.6 Å². The van der Waals surface area contributed by atoms with Crippen LogP contribution in [0.15, 0.2) is 48.9 Å². The second-order valence-electron chi connectivity index (χ2n) is 5.23. The van der Waals surface area contributed by atoms with Crippen molar-refractivity contribution in [2.45, 2.75) is 25.4 Å². The monoisotopic (exact) mass is 265 g/mol. The average Bonchev–Trinajstić information content (AvgIpc) is 3.24. The summed E-state index contributed by atoms with van der Waals surface area (Å²) in [5, 5.41) is 8.07. The predicted molar refractivity (Wildman–Crippen MR) is 75.7 cm³/mol. The molecule has 0 atom stereocenters. The quantitative estimate of drug-likeness (QED) is 0.727. The zero-order chi connectivity index (χ0) is 13.4. The van der Waals surface area contributed by atoms with Crippen molar-refractivity contribution in [3.05, 3.63) is 60.0 Å². The summed E-state index contributed by atoms with van der Waals surface area (Å²) < 4.78 is 7.86. The topological polar surface area (TPSA) is 39.4 Å². The van der Waals surface area contributed by atoms with Crippen molar-refractivity contribution in [3.8, 4) is 5.75 Å². The summed E-state index contributed by atoms with van der Waals surface area (Å²) in [6, 6.07) is 12.0. The number of pyridine rings is 1. The maximum atomic E-state index is 5.88. The van der Waals surface area contributed by atoms with Gasteiger partial charge in [-0.15, -0.1) is 10.2 Å². The van der Waals surface area contributed by atoms with E-state index >= 15 is 0 Å². The van der Waals surface area contributed by atoms with Crippen LogP contribution in [0.1, 0.15) is 29.9 Å². The highest BCUT2D eigenvalue weighted by Gasteiger charge is 2.27. The van der Waals surface area contributed by atoms with E-state index in [-0.39, 0.29) is 0 Å². The number of rotatable bonds is 4. The lowest BCUT2D eigenvalue weighted by molar-refractivity contribution is 0.305. The van der Waals surface area contributed by atoms with E-state index in [0.29, 0.717) is 12.5 Å². The lowest BCUT2D eigenvalue weighted by Gasteiger charge is -2.11. The summed E-state index contributed by atoms with van der Waals surface area (Å²) in [5.41, 5.74) is 3.46. The van der Waals surface area contributed by atoms with Gasteiger partial charge in [0.05, 0.1) is 0 Å². The van der Waals surface area contributed by atoms with Crippen molar-refractivity contribution in [2.24, 2.45) is 0 Å². The largest absolute Gasteiger partial charge is 0.489 e. The summed E-state index contributed by atoms with van der Waals surface area (Å²) in [6.45, 7) is 0.583. The van der Waals surface area contributed by atoms with Gasteiger partial charge in [-0.2, -0.15) is 0 Å². The number of benzene rings is 1. The molecule has 1 fully saturated rings. The minimum absolute atomic E-state index is 0.583. The molecular formula is C16H15N3O.